The zero-order valence-corrected chi connectivity index (χ0v) is 13.3. The largest absolute Gasteiger partial charge is 0.334 e. The molecule has 1 heterocycles. The molecule has 0 radical (unpaired) electrons. The molecule has 1 aliphatic rings. The summed E-state index contributed by atoms with van der Waals surface area (Å²) >= 11 is 0. The summed E-state index contributed by atoms with van der Waals surface area (Å²) < 4.78 is 5.38. The van der Waals surface area contributed by atoms with Gasteiger partial charge in [-0.25, -0.2) is 0 Å². The van der Waals surface area contributed by atoms with Crippen molar-refractivity contribution < 1.29 is 9.32 Å². The van der Waals surface area contributed by atoms with Crippen molar-refractivity contribution in [3.63, 3.8) is 0 Å². The maximum atomic E-state index is 11.9. The van der Waals surface area contributed by atoms with Gasteiger partial charge in [-0.15, -0.1) is 0 Å². The molecule has 0 saturated heterocycles. The van der Waals surface area contributed by atoms with Gasteiger partial charge in [0.15, 0.2) is 0 Å². The van der Waals surface area contributed by atoms with Crippen LogP contribution in [-0.4, -0.2) is 16.0 Å². The first-order valence-electron chi connectivity index (χ1n) is 8.01. The number of nitrogens with one attached hydrogen (secondary N) is 1. The van der Waals surface area contributed by atoms with Crippen LogP contribution >= 0.6 is 0 Å². The van der Waals surface area contributed by atoms with Gasteiger partial charge in [-0.3, -0.25) is 4.79 Å². The molecule has 4 rings (SSSR count). The van der Waals surface area contributed by atoms with E-state index < -0.39 is 0 Å². The summed E-state index contributed by atoms with van der Waals surface area (Å²) in [5, 5.41) is 6.98. The zero-order chi connectivity index (χ0) is 16.5. The van der Waals surface area contributed by atoms with Crippen LogP contribution < -0.4 is 5.32 Å². The molecule has 1 aromatic heterocycles. The van der Waals surface area contributed by atoms with Gasteiger partial charge in [-0.1, -0.05) is 41.1 Å². The molecule has 0 unspecified atom stereocenters. The minimum absolute atomic E-state index is 0.0815. The van der Waals surface area contributed by atoms with Crippen molar-refractivity contribution in [3.05, 3.63) is 54.1 Å². The average molecular weight is 319 g/mol. The summed E-state index contributed by atoms with van der Waals surface area (Å²) in [6.45, 7) is 2.03. The van der Waals surface area contributed by atoms with Crippen LogP contribution in [0.3, 0.4) is 0 Å². The van der Waals surface area contributed by atoms with Crippen molar-refractivity contribution >= 4 is 11.6 Å². The summed E-state index contributed by atoms with van der Waals surface area (Å²) in [4.78, 5) is 16.3. The van der Waals surface area contributed by atoms with Gasteiger partial charge < -0.3 is 9.84 Å². The van der Waals surface area contributed by atoms with E-state index in [9.17, 15) is 4.79 Å². The molecular formula is C19H17N3O2. The van der Waals surface area contributed by atoms with Crippen molar-refractivity contribution in [2.24, 2.45) is 5.92 Å². The van der Waals surface area contributed by atoms with E-state index in [1.54, 1.807) is 0 Å². The molecule has 1 N–H and O–H groups in total. The molecule has 1 fully saturated rings. The predicted molar refractivity (Wildman–Crippen MR) is 91.3 cm³/mol. The Kier molecular flexibility index (Phi) is 3.61. The predicted octanol–water partition coefficient (Wildman–Crippen LogP) is 4.06. The second-order valence-electron chi connectivity index (χ2n) is 6.13. The summed E-state index contributed by atoms with van der Waals surface area (Å²) in [6, 6.07) is 15.4. The first kappa shape index (κ1) is 14.6. The van der Waals surface area contributed by atoms with Crippen LogP contribution in [0.5, 0.6) is 0 Å². The number of benzene rings is 2. The highest BCUT2D eigenvalue weighted by atomic mass is 16.5. The van der Waals surface area contributed by atoms with Crippen LogP contribution in [0.1, 0.15) is 18.4 Å². The monoisotopic (exact) mass is 319 g/mol. The molecule has 1 amide bonds. The number of aryl methyl sites for hydroxylation is 1. The normalized spacial score (nSPS) is 13.7. The number of amides is 1. The third kappa shape index (κ3) is 3.06. The van der Waals surface area contributed by atoms with Crippen LogP contribution in [0.25, 0.3) is 22.8 Å². The summed E-state index contributed by atoms with van der Waals surface area (Å²) in [6.07, 6.45) is 1.96. The van der Waals surface area contributed by atoms with E-state index in [-0.39, 0.29) is 11.8 Å². The van der Waals surface area contributed by atoms with Gasteiger partial charge in [0.05, 0.1) is 0 Å². The molecular weight excluding hydrogens is 302 g/mol. The van der Waals surface area contributed by atoms with Gasteiger partial charge in [0.25, 0.3) is 5.89 Å². The third-order valence-corrected chi connectivity index (χ3v) is 4.06. The summed E-state index contributed by atoms with van der Waals surface area (Å²) in [5.41, 5.74) is 3.63. The van der Waals surface area contributed by atoms with Gasteiger partial charge >= 0.3 is 0 Å². The molecule has 120 valence electrons. The van der Waals surface area contributed by atoms with Crippen molar-refractivity contribution in [1.29, 1.82) is 0 Å². The van der Waals surface area contributed by atoms with E-state index in [2.05, 4.69) is 15.5 Å². The Labute approximate surface area is 139 Å². The number of aromatic nitrogens is 2. The second-order valence-corrected chi connectivity index (χ2v) is 6.13. The Hall–Kier alpha value is -2.95. The Bertz CT molecular complexity index is 880. The molecule has 5 heteroatoms. The fraction of sp³-hybridized carbons (Fsp3) is 0.211. The van der Waals surface area contributed by atoms with Crippen LogP contribution in [0.2, 0.25) is 0 Å². The van der Waals surface area contributed by atoms with E-state index in [4.69, 9.17) is 4.52 Å². The average Bonchev–Trinajstić information content (AvgIpc) is 3.33. The smallest absolute Gasteiger partial charge is 0.258 e. The lowest BCUT2D eigenvalue weighted by atomic mass is 10.1. The highest BCUT2D eigenvalue weighted by molar-refractivity contribution is 5.94. The van der Waals surface area contributed by atoms with Crippen molar-refractivity contribution in [2.45, 2.75) is 19.8 Å². The standard InChI is InChI=1S/C19H17N3O2/c1-12-5-7-13(8-6-12)17-21-19(24-22-17)15-3-2-4-16(11-15)20-18(23)14-9-10-14/h2-8,11,14H,9-10H2,1H3,(H,20,23). The first-order chi connectivity index (χ1) is 11.7. The molecule has 0 atom stereocenters. The fourth-order valence-electron chi connectivity index (χ4n) is 2.48. The Morgan fingerprint density at radius 1 is 1.12 bits per heavy atom. The topological polar surface area (TPSA) is 68.0 Å². The molecule has 0 aliphatic heterocycles. The lowest BCUT2D eigenvalue weighted by Gasteiger charge is -2.04. The SMILES string of the molecule is Cc1ccc(-c2noc(-c3cccc(NC(=O)C4CC4)c3)n2)cc1. The summed E-state index contributed by atoms with van der Waals surface area (Å²) in [5.74, 6) is 1.24. The van der Waals surface area contributed by atoms with Crippen LogP contribution in [0, 0.1) is 12.8 Å². The van der Waals surface area contributed by atoms with Crippen LogP contribution in [0.4, 0.5) is 5.69 Å². The number of rotatable bonds is 4. The third-order valence-electron chi connectivity index (χ3n) is 4.06. The van der Waals surface area contributed by atoms with E-state index in [0.29, 0.717) is 11.7 Å². The maximum absolute atomic E-state index is 11.9. The number of carbonyl (C=O) groups excluding carboxylic acids is 1. The Morgan fingerprint density at radius 2 is 1.92 bits per heavy atom. The lowest BCUT2D eigenvalue weighted by Crippen LogP contribution is -2.13. The fourth-order valence-corrected chi connectivity index (χ4v) is 2.48. The van der Waals surface area contributed by atoms with E-state index in [0.717, 1.165) is 29.7 Å². The molecule has 24 heavy (non-hydrogen) atoms. The zero-order valence-electron chi connectivity index (χ0n) is 13.3. The van der Waals surface area contributed by atoms with Gasteiger partial charge in [-0.2, -0.15) is 4.98 Å². The van der Waals surface area contributed by atoms with Crippen LogP contribution in [-0.2, 0) is 4.79 Å². The minimum atomic E-state index is 0.0815. The summed E-state index contributed by atoms with van der Waals surface area (Å²) in [7, 11) is 0. The molecule has 1 aliphatic carbocycles. The number of nitrogens with zero attached hydrogens (tertiary/aromatic N) is 2. The van der Waals surface area contributed by atoms with Gasteiger partial charge in [0.1, 0.15) is 0 Å². The molecule has 5 nitrogen and oxygen atoms in total. The van der Waals surface area contributed by atoms with Gasteiger partial charge in [-0.05, 0) is 38.0 Å². The first-order valence-corrected chi connectivity index (χ1v) is 8.01. The number of hydrogen-bond acceptors (Lipinski definition) is 4. The Morgan fingerprint density at radius 3 is 2.67 bits per heavy atom. The molecule has 0 bridgehead atoms. The highest BCUT2D eigenvalue weighted by Gasteiger charge is 2.29. The number of anilines is 1. The van der Waals surface area contributed by atoms with Crippen LogP contribution in [0.15, 0.2) is 53.1 Å². The van der Waals surface area contributed by atoms with Crippen molar-refractivity contribution in [2.75, 3.05) is 5.32 Å². The molecule has 3 aromatic rings. The number of carbonyl (C=O) groups is 1. The highest BCUT2D eigenvalue weighted by Crippen LogP contribution is 2.31. The minimum Gasteiger partial charge on any atom is -0.334 e. The van der Waals surface area contributed by atoms with E-state index in [1.807, 2.05) is 55.5 Å². The Balaban J connectivity index is 1.57. The van der Waals surface area contributed by atoms with E-state index >= 15 is 0 Å². The maximum Gasteiger partial charge on any atom is 0.258 e. The van der Waals surface area contributed by atoms with Gasteiger partial charge in [0.2, 0.25) is 11.7 Å². The molecule has 1 saturated carbocycles. The second kappa shape index (κ2) is 5.92. The van der Waals surface area contributed by atoms with E-state index in [1.165, 1.54) is 5.56 Å². The van der Waals surface area contributed by atoms with Gasteiger partial charge in [0, 0.05) is 22.7 Å². The lowest BCUT2D eigenvalue weighted by molar-refractivity contribution is -0.117. The quantitative estimate of drug-likeness (QED) is 0.787. The van der Waals surface area contributed by atoms with Crippen molar-refractivity contribution in [1.82, 2.24) is 10.1 Å². The molecule has 0 spiro atoms. The number of hydrogen-bond donors (Lipinski definition) is 1. The van der Waals surface area contributed by atoms with Crippen molar-refractivity contribution in [3.8, 4) is 22.8 Å². The molecule has 2 aromatic carbocycles.